The van der Waals surface area contributed by atoms with Crippen LogP contribution >= 0.6 is 0 Å². The van der Waals surface area contributed by atoms with Gasteiger partial charge in [0.05, 0.1) is 0 Å². The van der Waals surface area contributed by atoms with Gasteiger partial charge in [-0.3, -0.25) is 0 Å². The topological polar surface area (TPSA) is 15.3 Å². The summed E-state index contributed by atoms with van der Waals surface area (Å²) < 4.78 is 13.0. The molecule has 0 amide bonds. The normalized spacial score (nSPS) is 22.4. The number of benzene rings is 1. The van der Waals surface area contributed by atoms with E-state index in [-0.39, 0.29) is 5.82 Å². The number of likely N-dealkylation sites (tertiary alicyclic amines) is 1. The first-order chi connectivity index (χ1) is 10.2. The van der Waals surface area contributed by atoms with Gasteiger partial charge < -0.3 is 10.2 Å². The second kappa shape index (κ2) is 6.89. The van der Waals surface area contributed by atoms with E-state index >= 15 is 0 Å². The first kappa shape index (κ1) is 15.0. The molecule has 1 aromatic carbocycles. The molecule has 2 aliphatic rings. The summed E-state index contributed by atoms with van der Waals surface area (Å²) in [5, 5.41) is 3.73. The molecule has 1 saturated carbocycles. The average molecular weight is 290 g/mol. The Kier molecular flexibility index (Phi) is 4.91. The molecule has 0 bridgehead atoms. The minimum absolute atomic E-state index is 0.145. The molecule has 1 saturated heterocycles. The molecule has 2 nitrogen and oxygen atoms in total. The zero-order chi connectivity index (χ0) is 14.7. The molecule has 0 aromatic heterocycles. The Bertz CT molecular complexity index is 433. The molecule has 1 aliphatic carbocycles. The molecule has 1 unspecified atom stereocenters. The maximum atomic E-state index is 13.0. The van der Waals surface area contributed by atoms with E-state index in [1.807, 2.05) is 12.1 Å². The molecule has 1 heterocycles. The third-order valence-corrected chi connectivity index (χ3v) is 4.95. The summed E-state index contributed by atoms with van der Waals surface area (Å²) in [7, 11) is 0. The number of nitrogens with zero attached hydrogens (tertiary/aromatic N) is 1. The second-order valence-corrected chi connectivity index (χ2v) is 6.88. The van der Waals surface area contributed by atoms with Crippen molar-refractivity contribution in [2.24, 2.45) is 5.92 Å². The number of piperidine rings is 1. The number of nitrogens with one attached hydrogen (secondary N) is 1. The highest BCUT2D eigenvalue weighted by atomic mass is 19.1. The fourth-order valence-electron chi connectivity index (χ4n) is 3.26. The van der Waals surface area contributed by atoms with Gasteiger partial charge in [-0.15, -0.1) is 0 Å². The van der Waals surface area contributed by atoms with Gasteiger partial charge in [0.1, 0.15) is 5.82 Å². The molecule has 21 heavy (non-hydrogen) atoms. The van der Waals surface area contributed by atoms with Crippen molar-refractivity contribution in [3.8, 4) is 0 Å². The lowest BCUT2D eigenvalue weighted by Gasteiger charge is -2.34. The quantitative estimate of drug-likeness (QED) is 0.864. The van der Waals surface area contributed by atoms with Crippen LogP contribution in [0.2, 0.25) is 0 Å². The monoisotopic (exact) mass is 290 g/mol. The van der Waals surface area contributed by atoms with Gasteiger partial charge in [0.15, 0.2) is 0 Å². The van der Waals surface area contributed by atoms with Gasteiger partial charge in [-0.05, 0) is 74.8 Å². The van der Waals surface area contributed by atoms with Crippen LogP contribution in [-0.4, -0.2) is 37.1 Å². The maximum Gasteiger partial charge on any atom is 0.123 e. The van der Waals surface area contributed by atoms with E-state index in [2.05, 4.69) is 17.1 Å². The molecule has 1 N–H and O–H groups in total. The first-order valence-corrected chi connectivity index (χ1v) is 8.42. The molecular weight excluding hydrogens is 263 g/mol. The van der Waals surface area contributed by atoms with Gasteiger partial charge in [-0.2, -0.15) is 0 Å². The Hall–Kier alpha value is -0.930. The maximum absolute atomic E-state index is 13.0. The number of hydrogen-bond acceptors (Lipinski definition) is 2. The first-order valence-electron chi connectivity index (χ1n) is 8.42. The Labute approximate surface area is 127 Å². The van der Waals surface area contributed by atoms with Crippen molar-refractivity contribution in [1.82, 2.24) is 10.2 Å². The van der Waals surface area contributed by atoms with Gasteiger partial charge in [0, 0.05) is 12.6 Å². The molecule has 116 valence electrons. The molecule has 2 fully saturated rings. The lowest BCUT2D eigenvalue weighted by molar-refractivity contribution is 0.189. The fraction of sp³-hybridized carbons (Fsp3) is 0.667. The van der Waals surface area contributed by atoms with Crippen molar-refractivity contribution in [2.45, 2.75) is 44.6 Å². The van der Waals surface area contributed by atoms with Crippen molar-refractivity contribution in [2.75, 3.05) is 26.2 Å². The van der Waals surface area contributed by atoms with E-state index in [0.29, 0.717) is 5.92 Å². The van der Waals surface area contributed by atoms with Crippen LogP contribution in [-0.2, 0) is 0 Å². The van der Waals surface area contributed by atoms with E-state index in [4.69, 9.17) is 0 Å². The van der Waals surface area contributed by atoms with E-state index in [9.17, 15) is 4.39 Å². The van der Waals surface area contributed by atoms with E-state index in [1.165, 1.54) is 50.9 Å². The Morgan fingerprint density at radius 3 is 2.43 bits per heavy atom. The highest BCUT2D eigenvalue weighted by Crippen LogP contribution is 2.28. The van der Waals surface area contributed by atoms with Crippen molar-refractivity contribution in [3.63, 3.8) is 0 Å². The van der Waals surface area contributed by atoms with Crippen molar-refractivity contribution in [3.05, 3.63) is 35.6 Å². The molecule has 1 aromatic rings. The Morgan fingerprint density at radius 1 is 1.14 bits per heavy atom. The van der Waals surface area contributed by atoms with Crippen molar-refractivity contribution in [1.29, 1.82) is 0 Å². The van der Waals surface area contributed by atoms with Crippen LogP contribution in [0.25, 0.3) is 0 Å². The van der Waals surface area contributed by atoms with Crippen LogP contribution in [0, 0.1) is 11.7 Å². The van der Waals surface area contributed by atoms with E-state index < -0.39 is 0 Å². The van der Waals surface area contributed by atoms with Crippen LogP contribution in [0.5, 0.6) is 0 Å². The number of hydrogen-bond donors (Lipinski definition) is 1. The van der Waals surface area contributed by atoms with Crippen LogP contribution in [0.15, 0.2) is 24.3 Å². The Morgan fingerprint density at radius 2 is 1.81 bits per heavy atom. The molecule has 1 aliphatic heterocycles. The minimum Gasteiger partial charge on any atom is -0.314 e. The zero-order valence-electron chi connectivity index (χ0n) is 13.0. The Balaban J connectivity index is 1.40. The largest absolute Gasteiger partial charge is 0.314 e. The standard InChI is InChI=1S/C18H27FN2/c1-14(16-4-6-17(19)7-5-16)13-21-10-8-18(9-11-21)20-12-15-2-3-15/h4-7,14-15,18,20H,2-3,8-13H2,1H3. The van der Waals surface area contributed by atoms with Gasteiger partial charge in [0.25, 0.3) is 0 Å². The average Bonchev–Trinajstić information content (AvgIpc) is 3.31. The molecule has 1 atom stereocenters. The lowest BCUT2D eigenvalue weighted by Crippen LogP contribution is -2.44. The summed E-state index contributed by atoms with van der Waals surface area (Å²) in [4.78, 5) is 2.56. The highest BCUT2D eigenvalue weighted by molar-refractivity contribution is 5.20. The van der Waals surface area contributed by atoms with Crippen molar-refractivity contribution >= 4 is 0 Å². The smallest absolute Gasteiger partial charge is 0.123 e. The van der Waals surface area contributed by atoms with Crippen LogP contribution in [0.4, 0.5) is 4.39 Å². The lowest BCUT2D eigenvalue weighted by atomic mass is 9.98. The molecule has 0 spiro atoms. The van der Waals surface area contributed by atoms with Gasteiger partial charge in [0.2, 0.25) is 0 Å². The zero-order valence-corrected chi connectivity index (χ0v) is 13.0. The van der Waals surface area contributed by atoms with Gasteiger partial charge in [-0.1, -0.05) is 19.1 Å². The summed E-state index contributed by atoms with van der Waals surface area (Å²) in [5.74, 6) is 1.30. The molecular formula is C18H27FN2. The second-order valence-electron chi connectivity index (χ2n) is 6.88. The molecule has 3 heteroatoms. The SMILES string of the molecule is CC(CN1CCC(NCC2CC2)CC1)c1ccc(F)cc1. The highest BCUT2D eigenvalue weighted by Gasteiger charge is 2.24. The third-order valence-electron chi connectivity index (χ3n) is 4.95. The van der Waals surface area contributed by atoms with Gasteiger partial charge >= 0.3 is 0 Å². The summed E-state index contributed by atoms with van der Waals surface area (Å²) in [6.45, 7) is 6.93. The summed E-state index contributed by atoms with van der Waals surface area (Å²) in [6, 6.07) is 7.70. The van der Waals surface area contributed by atoms with E-state index in [0.717, 1.165) is 18.5 Å². The summed E-state index contributed by atoms with van der Waals surface area (Å²) in [5.41, 5.74) is 1.24. The fourth-order valence-corrected chi connectivity index (χ4v) is 3.26. The van der Waals surface area contributed by atoms with Crippen LogP contribution < -0.4 is 5.32 Å². The van der Waals surface area contributed by atoms with Crippen LogP contribution in [0.3, 0.4) is 0 Å². The summed E-state index contributed by atoms with van der Waals surface area (Å²) >= 11 is 0. The van der Waals surface area contributed by atoms with Crippen molar-refractivity contribution < 1.29 is 4.39 Å². The number of halogens is 1. The summed E-state index contributed by atoms with van der Waals surface area (Å²) in [6.07, 6.45) is 5.40. The predicted molar refractivity (Wildman–Crippen MR) is 85.0 cm³/mol. The van der Waals surface area contributed by atoms with E-state index in [1.54, 1.807) is 12.1 Å². The molecule has 0 radical (unpaired) electrons. The van der Waals surface area contributed by atoms with Crippen LogP contribution in [0.1, 0.15) is 44.1 Å². The minimum atomic E-state index is -0.145. The van der Waals surface area contributed by atoms with Gasteiger partial charge in [-0.25, -0.2) is 4.39 Å². The number of rotatable bonds is 6. The third kappa shape index (κ3) is 4.52. The predicted octanol–water partition coefficient (Wildman–Crippen LogP) is 3.39. The molecule has 3 rings (SSSR count).